The van der Waals surface area contributed by atoms with Gasteiger partial charge in [0.25, 0.3) is 0 Å². The van der Waals surface area contributed by atoms with E-state index < -0.39 is 5.60 Å². The number of carbonyl (C=O) groups is 1. The third kappa shape index (κ3) is 4.07. The van der Waals surface area contributed by atoms with E-state index in [2.05, 4.69) is 29.4 Å². The molecule has 1 saturated heterocycles. The first-order valence-electron chi connectivity index (χ1n) is 10.2. The molecule has 6 nitrogen and oxygen atoms in total. The van der Waals surface area contributed by atoms with E-state index in [-0.39, 0.29) is 12.3 Å². The Morgan fingerprint density at radius 1 is 1.29 bits per heavy atom. The highest BCUT2D eigenvalue weighted by Crippen LogP contribution is 2.30. The molecule has 0 spiro atoms. The Morgan fingerprint density at radius 3 is 2.82 bits per heavy atom. The summed E-state index contributed by atoms with van der Waals surface area (Å²) in [5, 5.41) is 5.70. The van der Waals surface area contributed by atoms with Crippen molar-refractivity contribution in [2.75, 3.05) is 19.7 Å². The molecule has 0 N–H and O–H groups in total. The Kier molecular flexibility index (Phi) is 5.15. The number of fused-ring (bicyclic) bond motifs is 1. The SMILES string of the molecule is CC(C)(C)OC(=O)N1CC=C(c2ccc3c(cnn3C3CCCCO3)c2)CC1. The van der Waals surface area contributed by atoms with Gasteiger partial charge in [-0.1, -0.05) is 12.1 Å². The van der Waals surface area contributed by atoms with Gasteiger partial charge in [0, 0.05) is 25.1 Å². The average Bonchev–Trinajstić information content (AvgIpc) is 3.11. The Morgan fingerprint density at radius 2 is 2.14 bits per heavy atom. The largest absolute Gasteiger partial charge is 0.444 e. The first kappa shape index (κ1) is 19.0. The van der Waals surface area contributed by atoms with E-state index in [0.717, 1.165) is 36.8 Å². The van der Waals surface area contributed by atoms with Crippen LogP contribution in [0.5, 0.6) is 0 Å². The second-order valence-corrected chi connectivity index (χ2v) is 8.59. The van der Waals surface area contributed by atoms with Crippen molar-refractivity contribution >= 4 is 22.6 Å². The highest BCUT2D eigenvalue weighted by Gasteiger charge is 2.24. The lowest BCUT2D eigenvalue weighted by Crippen LogP contribution is -2.39. The molecule has 1 amide bonds. The first-order valence-corrected chi connectivity index (χ1v) is 10.2. The fourth-order valence-corrected chi connectivity index (χ4v) is 3.82. The van der Waals surface area contributed by atoms with Gasteiger partial charge in [-0.3, -0.25) is 0 Å². The molecule has 2 aliphatic heterocycles. The molecule has 1 aromatic heterocycles. The molecule has 0 saturated carbocycles. The van der Waals surface area contributed by atoms with Crippen molar-refractivity contribution in [2.45, 2.75) is 58.3 Å². The van der Waals surface area contributed by atoms with Gasteiger partial charge >= 0.3 is 6.09 Å². The summed E-state index contributed by atoms with van der Waals surface area (Å²) in [5.41, 5.74) is 3.11. The summed E-state index contributed by atoms with van der Waals surface area (Å²) in [4.78, 5) is 14.0. The van der Waals surface area contributed by atoms with Crippen molar-refractivity contribution in [3.8, 4) is 0 Å². The van der Waals surface area contributed by atoms with Crippen LogP contribution in [0.2, 0.25) is 0 Å². The van der Waals surface area contributed by atoms with Crippen LogP contribution in [0.3, 0.4) is 0 Å². The van der Waals surface area contributed by atoms with Crippen LogP contribution in [-0.2, 0) is 9.47 Å². The molecule has 0 bridgehead atoms. The molecule has 1 fully saturated rings. The van der Waals surface area contributed by atoms with Crippen LogP contribution < -0.4 is 0 Å². The van der Waals surface area contributed by atoms with Gasteiger partial charge in [-0.25, -0.2) is 9.48 Å². The Hall–Kier alpha value is -2.34. The summed E-state index contributed by atoms with van der Waals surface area (Å²) >= 11 is 0. The minimum atomic E-state index is -0.464. The molecule has 0 aliphatic carbocycles. The van der Waals surface area contributed by atoms with Crippen molar-refractivity contribution in [1.29, 1.82) is 0 Å². The molecule has 1 aromatic carbocycles. The van der Waals surface area contributed by atoms with Crippen LogP contribution in [0.1, 0.15) is 58.2 Å². The number of rotatable bonds is 2. The lowest BCUT2D eigenvalue weighted by atomic mass is 9.98. The maximum atomic E-state index is 12.2. The second kappa shape index (κ2) is 7.59. The number of ether oxygens (including phenoxy) is 2. The topological polar surface area (TPSA) is 56.6 Å². The molecule has 4 rings (SSSR count). The fourth-order valence-electron chi connectivity index (χ4n) is 3.82. The number of nitrogens with zero attached hydrogens (tertiary/aromatic N) is 3. The quantitative estimate of drug-likeness (QED) is 0.750. The fraction of sp³-hybridized carbons (Fsp3) is 0.545. The molecule has 1 atom stereocenters. The minimum Gasteiger partial charge on any atom is -0.444 e. The molecule has 0 radical (unpaired) electrons. The van der Waals surface area contributed by atoms with Crippen molar-refractivity contribution in [3.05, 3.63) is 36.0 Å². The summed E-state index contributed by atoms with van der Waals surface area (Å²) in [6, 6.07) is 6.48. The normalized spacial score (nSPS) is 20.9. The average molecular weight is 383 g/mol. The number of amides is 1. The maximum absolute atomic E-state index is 12.2. The lowest BCUT2D eigenvalue weighted by Gasteiger charge is -2.29. The van der Waals surface area contributed by atoms with Gasteiger partial charge in [-0.2, -0.15) is 5.10 Å². The van der Waals surface area contributed by atoms with Gasteiger partial charge in [0.1, 0.15) is 5.60 Å². The summed E-state index contributed by atoms with van der Waals surface area (Å²) in [7, 11) is 0. The van der Waals surface area contributed by atoms with Gasteiger partial charge in [0.05, 0.1) is 11.7 Å². The van der Waals surface area contributed by atoms with E-state index in [1.165, 1.54) is 17.6 Å². The van der Waals surface area contributed by atoms with Crippen LogP contribution in [0, 0.1) is 0 Å². The molecule has 6 heteroatoms. The Balaban J connectivity index is 1.48. The third-order valence-corrected chi connectivity index (χ3v) is 5.26. The summed E-state index contributed by atoms with van der Waals surface area (Å²) in [5.74, 6) is 0. The van der Waals surface area contributed by atoms with Crippen LogP contribution >= 0.6 is 0 Å². The van der Waals surface area contributed by atoms with E-state index >= 15 is 0 Å². The second-order valence-electron chi connectivity index (χ2n) is 8.59. The van der Waals surface area contributed by atoms with E-state index in [0.29, 0.717) is 13.1 Å². The minimum absolute atomic E-state index is 0.0494. The summed E-state index contributed by atoms with van der Waals surface area (Å²) in [6.45, 7) is 7.74. The van der Waals surface area contributed by atoms with Crippen molar-refractivity contribution in [1.82, 2.24) is 14.7 Å². The van der Waals surface area contributed by atoms with Crippen molar-refractivity contribution in [2.24, 2.45) is 0 Å². The number of benzene rings is 1. The zero-order chi connectivity index (χ0) is 19.7. The zero-order valence-corrected chi connectivity index (χ0v) is 17.0. The number of carbonyl (C=O) groups excluding carboxylic acids is 1. The standard InChI is InChI=1S/C22H29N3O3/c1-22(2,3)28-21(26)24-11-9-16(10-12-24)17-7-8-19-18(14-17)15-23-25(19)20-6-4-5-13-27-20/h7-9,14-15,20H,4-6,10-13H2,1-3H3. The third-order valence-electron chi connectivity index (χ3n) is 5.26. The number of hydrogen-bond donors (Lipinski definition) is 0. The van der Waals surface area contributed by atoms with Gasteiger partial charge in [0.15, 0.2) is 6.23 Å². The zero-order valence-electron chi connectivity index (χ0n) is 17.0. The monoisotopic (exact) mass is 383 g/mol. The van der Waals surface area contributed by atoms with Crippen LogP contribution in [0.25, 0.3) is 16.5 Å². The Bertz CT molecular complexity index is 888. The van der Waals surface area contributed by atoms with E-state index in [9.17, 15) is 4.79 Å². The molecule has 150 valence electrons. The van der Waals surface area contributed by atoms with E-state index in [1.54, 1.807) is 4.90 Å². The summed E-state index contributed by atoms with van der Waals surface area (Å²) in [6.07, 6.45) is 8.02. The van der Waals surface area contributed by atoms with Gasteiger partial charge < -0.3 is 14.4 Å². The highest BCUT2D eigenvalue weighted by atomic mass is 16.6. The molecule has 3 heterocycles. The van der Waals surface area contributed by atoms with Crippen LogP contribution in [0.4, 0.5) is 4.79 Å². The Labute approximate surface area is 166 Å². The van der Waals surface area contributed by atoms with Crippen LogP contribution in [0.15, 0.2) is 30.5 Å². The van der Waals surface area contributed by atoms with Gasteiger partial charge in [-0.15, -0.1) is 0 Å². The summed E-state index contributed by atoms with van der Waals surface area (Å²) < 4.78 is 13.4. The van der Waals surface area contributed by atoms with Gasteiger partial charge in [-0.05, 0) is 69.7 Å². The van der Waals surface area contributed by atoms with Gasteiger partial charge in [0.2, 0.25) is 0 Å². The highest BCUT2D eigenvalue weighted by molar-refractivity contribution is 5.84. The molecule has 2 aliphatic rings. The first-order chi connectivity index (χ1) is 13.4. The molecule has 2 aromatic rings. The maximum Gasteiger partial charge on any atom is 0.410 e. The number of aromatic nitrogens is 2. The predicted molar refractivity (Wildman–Crippen MR) is 109 cm³/mol. The van der Waals surface area contributed by atoms with E-state index in [1.807, 2.05) is 31.6 Å². The van der Waals surface area contributed by atoms with Crippen molar-refractivity contribution in [3.63, 3.8) is 0 Å². The van der Waals surface area contributed by atoms with Crippen molar-refractivity contribution < 1.29 is 14.3 Å². The number of hydrogen-bond acceptors (Lipinski definition) is 4. The molecule has 28 heavy (non-hydrogen) atoms. The molecular weight excluding hydrogens is 354 g/mol. The lowest BCUT2D eigenvalue weighted by molar-refractivity contribution is -0.0366. The predicted octanol–water partition coefficient (Wildman–Crippen LogP) is 4.76. The van der Waals surface area contributed by atoms with E-state index in [4.69, 9.17) is 9.47 Å². The molecular formula is C22H29N3O3. The van der Waals surface area contributed by atoms with Crippen LogP contribution in [-0.4, -0.2) is 46.1 Å². The molecule has 1 unspecified atom stereocenters. The smallest absolute Gasteiger partial charge is 0.410 e.